The van der Waals surface area contributed by atoms with Crippen LogP contribution in [0.2, 0.25) is 0 Å². The molecule has 5 nitrogen and oxygen atoms in total. The van der Waals surface area contributed by atoms with E-state index in [-0.39, 0.29) is 18.0 Å². The first-order valence-corrected chi connectivity index (χ1v) is 6.84. The third-order valence-corrected chi connectivity index (χ3v) is 3.65. The zero-order valence-corrected chi connectivity index (χ0v) is 11.3. The first kappa shape index (κ1) is 13.1. The highest BCUT2D eigenvalue weighted by atomic mass is 16.3. The number of carbonyl (C=O) groups excluding carboxylic acids is 1. The van der Waals surface area contributed by atoms with Gasteiger partial charge in [-0.25, -0.2) is 0 Å². The molecule has 1 aliphatic heterocycles. The summed E-state index contributed by atoms with van der Waals surface area (Å²) in [7, 11) is 0. The topological polar surface area (TPSA) is 74.5 Å². The van der Waals surface area contributed by atoms with Crippen molar-refractivity contribution in [1.29, 1.82) is 0 Å². The Balaban J connectivity index is 1.69. The number of hydrogen-bond donors (Lipinski definition) is 3. The number of benzene rings is 1. The van der Waals surface area contributed by atoms with Gasteiger partial charge in [-0.15, -0.1) is 0 Å². The third-order valence-electron chi connectivity index (χ3n) is 3.65. The number of para-hydroxylation sites is 1. The number of hydrogen-bond acceptors (Lipinski definition) is 4. The van der Waals surface area contributed by atoms with Crippen molar-refractivity contribution in [1.82, 2.24) is 10.6 Å². The van der Waals surface area contributed by atoms with Gasteiger partial charge in [0.25, 0.3) is 0 Å². The van der Waals surface area contributed by atoms with Gasteiger partial charge >= 0.3 is 0 Å². The molecule has 3 atom stereocenters. The second kappa shape index (κ2) is 5.26. The highest BCUT2D eigenvalue weighted by Crippen LogP contribution is 2.23. The van der Waals surface area contributed by atoms with E-state index in [4.69, 9.17) is 4.42 Å². The number of aliphatic hydroxyl groups is 1. The van der Waals surface area contributed by atoms with E-state index >= 15 is 0 Å². The van der Waals surface area contributed by atoms with Crippen LogP contribution in [0.25, 0.3) is 11.0 Å². The lowest BCUT2D eigenvalue weighted by molar-refractivity contribution is -0.123. The maximum absolute atomic E-state index is 12.1. The van der Waals surface area contributed by atoms with Crippen LogP contribution in [0.1, 0.15) is 25.1 Å². The summed E-state index contributed by atoms with van der Waals surface area (Å²) in [5, 5.41) is 16.4. The van der Waals surface area contributed by atoms with Gasteiger partial charge in [0.15, 0.2) is 0 Å². The van der Waals surface area contributed by atoms with Gasteiger partial charge in [-0.3, -0.25) is 4.79 Å². The van der Waals surface area contributed by atoms with Crippen molar-refractivity contribution in [3.8, 4) is 0 Å². The molecule has 1 aromatic heterocycles. The Morgan fingerprint density at radius 3 is 3.00 bits per heavy atom. The number of nitrogens with one attached hydrogen (secondary N) is 2. The summed E-state index contributed by atoms with van der Waals surface area (Å²) in [6.07, 6.45) is 0.0193. The molecular weight excluding hydrogens is 256 g/mol. The van der Waals surface area contributed by atoms with Crippen molar-refractivity contribution in [3.05, 3.63) is 36.1 Å². The van der Waals surface area contributed by atoms with Crippen molar-refractivity contribution in [2.24, 2.45) is 0 Å². The standard InChI is InChI=1S/C15H18N2O3/c1-9(17-15(19)12-7-11(18)8-16-12)14-6-10-4-2-3-5-13(10)20-14/h2-6,9,11-12,16,18H,7-8H2,1H3,(H,17,19)/t9-,11+,12-/m0/s1. The Hall–Kier alpha value is -1.85. The van der Waals surface area contributed by atoms with E-state index in [1.165, 1.54) is 0 Å². The van der Waals surface area contributed by atoms with Crippen LogP contribution in [0.5, 0.6) is 0 Å². The first-order chi connectivity index (χ1) is 9.63. The maximum atomic E-state index is 12.1. The minimum absolute atomic E-state index is 0.102. The van der Waals surface area contributed by atoms with Crippen molar-refractivity contribution in [2.45, 2.75) is 31.5 Å². The van der Waals surface area contributed by atoms with E-state index in [1.54, 1.807) is 0 Å². The first-order valence-electron chi connectivity index (χ1n) is 6.84. The predicted molar refractivity (Wildman–Crippen MR) is 75.2 cm³/mol. The fourth-order valence-corrected chi connectivity index (χ4v) is 2.52. The Morgan fingerprint density at radius 1 is 1.50 bits per heavy atom. The Bertz CT molecular complexity index is 589. The summed E-state index contributed by atoms with van der Waals surface area (Å²) in [5.74, 6) is 0.632. The molecule has 1 aromatic carbocycles. The quantitative estimate of drug-likeness (QED) is 0.789. The number of amides is 1. The Morgan fingerprint density at radius 2 is 2.30 bits per heavy atom. The average molecular weight is 274 g/mol. The van der Waals surface area contributed by atoms with Gasteiger partial charge in [0, 0.05) is 11.9 Å². The highest BCUT2D eigenvalue weighted by Gasteiger charge is 2.29. The van der Waals surface area contributed by atoms with Gasteiger partial charge in [-0.05, 0) is 25.5 Å². The normalized spacial score (nSPS) is 23.9. The van der Waals surface area contributed by atoms with E-state index in [9.17, 15) is 9.90 Å². The number of carbonyl (C=O) groups is 1. The summed E-state index contributed by atoms with van der Waals surface area (Å²) in [6.45, 7) is 2.36. The molecule has 0 unspecified atom stereocenters. The molecule has 0 saturated carbocycles. The molecule has 3 rings (SSSR count). The van der Waals surface area contributed by atoms with Crippen molar-refractivity contribution < 1.29 is 14.3 Å². The molecule has 2 heterocycles. The minimum Gasteiger partial charge on any atom is -0.459 e. The third kappa shape index (κ3) is 2.55. The molecule has 20 heavy (non-hydrogen) atoms. The molecule has 0 bridgehead atoms. The zero-order valence-electron chi connectivity index (χ0n) is 11.3. The lowest BCUT2D eigenvalue weighted by atomic mass is 10.1. The summed E-state index contributed by atoms with van der Waals surface area (Å²) >= 11 is 0. The Kier molecular flexibility index (Phi) is 3.46. The molecule has 5 heteroatoms. The fourth-order valence-electron chi connectivity index (χ4n) is 2.52. The minimum atomic E-state index is -0.438. The van der Waals surface area contributed by atoms with Gasteiger partial charge in [0.2, 0.25) is 5.91 Å². The van der Waals surface area contributed by atoms with Gasteiger partial charge < -0.3 is 20.2 Å². The van der Waals surface area contributed by atoms with Crippen LogP contribution in [0, 0.1) is 0 Å². The van der Waals surface area contributed by atoms with Crippen LogP contribution in [0.15, 0.2) is 34.7 Å². The second-order valence-corrected chi connectivity index (χ2v) is 5.27. The molecular formula is C15H18N2O3. The largest absolute Gasteiger partial charge is 0.459 e. The molecule has 106 valence electrons. The summed E-state index contributed by atoms with van der Waals surface area (Å²) in [5.41, 5.74) is 0.818. The van der Waals surface area contributed by atoms with Crippen LogP contribution in [0.3, 0.4) is 0 Å². The van der Waals surface area contributed by atoms with Crippen molar-refractivity contribution in [2.75, 3.05) is 6.54 Å². The van der Waals surface area contributed by atoms with Crippen LogP contribution in [-0.4, -0.2) is 29.7 Å². The molecule has 0 spiro atoms. The molecule has 1 fully saturated rings. The monoisotopic (exact) mass is 274 g/mol. The van der Waals surface area contributed by atoms with Crippen LogP contribution in [-0.2, 0) is 4.79 Å². The Labute approximate surface area is 117 Å². The predicted octanol–water partition coefficient (Wildman–Crippen LogP) is 1.33. The summed E-state index contributed by atoms with van der Waals surface area (Å²) < 4.78 is 5.73. The van der Waals surface area contributed by atoms with Crippen LogP contribution in [0.4, 0.5) is 0 Å². The van der Waals surface area contributed by atoms with E-state index in [0.717, 1.165) is 16.7 Å². The van der Waals surface area contributed by atoms with Gasteiger partial charge in [-0.1, -0.05) is 18.2 Å². The lowest BCUT2D eigenvalue weighted by Crippen LogP contribution is -2.41. The number of furan rings is 1. The highest BCUT2D eigenvalue weighted by molar-refractivity contribution is 5.83. The number of aliphatic hydroxyl groups excluding tert-OH is 1. The summed E-state index contributed by atoms with van der Waals surface area (Å²) in [6, 6.07) is 9.18. The molecule has 0 radical (unpaired) electrons. The maximum Gasteiger partial charge on any atom is 0.237 e. The molecule has 2 aromatic rings. The van der Waals surface area contributed by atoms with E-state index in [2.05, 4.69) is 10.6 Å². The smallest absolute Gasteiger partial charge is 0.237 e. The van der Waals surface area contributed by atoms with E-state index in [1.807, 2.05) is 37.3 Å². The van der Waals surface area contributed by atoms with E-state index in [0.29, 0.717) is 13.0 Å². The number of β-amino-alcohol motifs (C(OH)–C–C–N with tert-alkyl or cyclic N) is 1. The van der Waals surface area contributed by atoms with Gasteiger partial charge in [0.05, 0.1) is 18.2 Å². The number of fused-ring (bicyclic) bond motifs is 1. The van der Waals surface area contributed by atoms with Crippen molar-refractivity contribution in [3.63, 3.8) is 0 Å². The fraction of sp³-hybridized carbons (Fsp3) is 0.400. The molecule has 1 saturated heterocycles. The lowest BCUT2D eigenvalue weighted by Gasteiger charge is -2.15. The van der Waals surface area contributed by atoms with Crippen LogP contribution < -0.4 is 10.6 Å². The number of rotatable bonds is 3. The molecule has 1 aliphatic rings. The second-order valence-electron chi connectivity index (χ2n) is 5.27. The molecule has 3 N–H and O–H groups in total. The van der Waals surface area contributed by atoms with Gasteiger partial charge in [-0.2, -0.15) is 0 Å². The summed E-state index contributed by atoms with van der Waals surface area (Å²) in [4.78, 5) is 12.1. The SMILES string of the molecule is C[C@H](NC(=O)[C@@H]1C[C@@H](O)CN1)c1cc2ccccc2o1. The zero-order chi connectivity index (χ0) is 14.1. The van der Waals surface area contributed by atoms with Crippen molar-refractivity contribution >= 4 is 16.9 Å². The van der Waals surface area contributed by atoms with Crippen LogP contribution >= 0.6 is 0 Å². The van der Waals surface area contributed by atoms with Gasteiger partial charge in [0.1, 0.15) is 11.3 Å². The van der Waals surface area contributed by atoms with E-state index < -0.39 is 6.10 Å². The molecule has 1 amide bonds. The average Bonchev–Trinajstić information content (AvgIpc) is 3.04. The molecule has 0 aliphatic carbocycles.